The Balaban J connectivity index is 1.67. The van der Waals surface area contributed by atoms with E-state index in [0.717, 1.165) is 24.8 Å². The number of pyridine rings is 1. The lowest BCUT2D eigenvalue weighted by Crippen LogP contribution is -2.36. The van der Waals surface area contributed by atoms with Crippen molar-refractivity contribution in [3.8, 4) is 0 Å². The van der Waals surface area contributed by atoms with E-state index in [1.807, 2.05) is 12.3 Å². The number of nitrogens with zero attached hydrogens (tertiary/aromatic N) is 2. The van der Waals surface area contributed by atoms with Crippen LogP contribution >= 0.6 is 0 Å². The van der Waals surface area contributed by atoms with Gasteiger partial charge in [-0.3, -0.25) is 0 Å². The van der Waals surface area contributed by atoms with Crippen molar-refractivity contribution in [2.24, 2.45) is 5.92 Å². The second-order valence-corrected chi connectivity index (χ2v) is 5.17. The molecule has 1 N–H and O–H groups in total. The molecule has 1 aliphatic heterocycles. The van der Waals surface area contributed by atoms with E-state index in [0.29, 0.717) is 0 Å². The molecule has 0 atom stereocenters. The maximum atomic E-state index is 4.34. The minimum Gasteiger partial charge on any atom is -0.369 e. The summed E-state index contributed by atoms with van der Waals surface area (Å²) < 4.78 is 0. The minimum absolute atomic E-state index is 0.915. The molecule has 0 unspecified atom stereocenters. The standard InChI is InChI=1S/C14H23N3/c1-12-5-8-17(9-6-12)10-7-15-14-4-3-13(2)11-16-14/h3-4,11-12H,5-10H2,1-2H3,(H,15,16). The summed E-state index contributed by atoms with van der Waals surface area (Å²) in [6.45, 7) is 9.04. The van der Waals surface area contributed by atoms with Gasteiger partial charge in [-0.05, 0) is 50.4 Å². The highest BCUT2D eigenvalue weighted by Crippen LogP contribution is 2.15. The van der Waals surface area contributed by atoms with E-state index in [4.69, 9.17) is 0 Å². The summed E-state index contributed by atoms with van der Waals surface area (Å²) in [7, 11) is 0. The molecule has 2 heterocycles. The van der Waals surface area contributed by atoms with E-state index in [1.165, 1.54) is 31.5 Å². The summed E-state index contributed by atoms with van der Waals surface area (Å²) in [5.74, 6) is 1.90. The average molecular weight is 233 g/mol. The Labute approximate surface area is 104 Å². The molecular weight excluding hydrogens is 210 g/mol. The zero-order valence-corrected chi connectivity index (χ0v) is 10.9. The van der Waals surface area contributed by atoms with Gasteiger partial charge in [0.05, 0.1) is 0 Å². The third-order valence-electron chi connectivity index (χ3n) is 3.52. The molecule has 1 aromatic heterocycles. The Hall–Kier alpha value is -1.09. The lowest BCUT2D eigenvalue weighted by molar-refractivity contribution is 0.199. The van der Waals surface area contributed by atoms with E-state index in [2.05, 4.69) is 35.1 Å². The number of hydrogen-bond donors (Lipinski definition) is 1. The first-order chi connectivity index (χ1) is 8.24. The molecule has 1 saturated heterocycles. The van der Waals surface area contributed by atoms with Gasteiger partial charge in [-0.2, -0.15) is 0 Å². The predicted molar refractivity (Wildman–Crippen MR) is 72.3 cm³/mol. The first-order valence-corrected chi connectivity index (χ1v) is 6.63. The topological polar surface area (TPSA) is 28.2 Å². The molecule has 0 amide bonds. The van der Waals surface area contributed by atoms with Gasteiger partial charge in [0.15, 0.2) is 0 Å². The number of rotatable bonds is 4. The van der Waals surface area contributed by atoms with Crippen LogP contribution < -0.4 is 5.32 Å². The first-order valence-electron chi connectivity index (χ1n) is 6.63. The summed E-state index contributed by atoms with van der Waals surface area (Å²) in [4.78, 5) is 6.89. The van der Waals surface area contributed by atoms with Crippen molar-refractivity contribution in [2.75, 3.05) is 31.5 Å². The number of nitrogens with one attached hydrogen (secondary N) is 1. The van der Waals surface area contributed by atoms with Crippen LogP contribution in [0.4, 0.5) is 5.82 Å². The van der Waals surface area contributed by atoms with Crippen molar-refractivity contribution in [1.29, 1.82) is 0 Å². The third kappa shape index (κ3) is 4.00. The van der Waals surface area contributed by atoms with Crippen LogP contribution in [0.3, 0.4) is 0 Å². The van der Waals surface area contributed by atoms with Crippen LogP contribution in [0.15, 0.2) is 18.3 Å². The zero-order chi connectivity index (χ0) is 12.1. The van der Waals surface area contributed by atoms with E-state index in [9.17, 15) is 0 Å². The molecule has 0 aromatic carbocycles. The summed E-state index contributed by atoms with van der Waals surface area (Å²) in [5.41, 5.74) is 1.21. The summed E-state index contributed by atoms with van der Waals surface area (Å²) >= 11 is 0. The van der Waals surface area contributed by atoms with Gasteiger partial charge in [0.2, 0.25) is 0 Å². The zero-order valence-electron chi connectivity index (χ0n) is 10.9. The first kappa shape index (κ1) is 12.4. The molecule has 17 heavy (non-hydrogen) atoms. The fourth-order valence-corrected chi connectivity index (χ4v) is 2.20. The molecule has 1 fully saturated rings. The molecule has 0 saturated carbocycles. The third-order valence-corrected chi connectivity index (χ3v) is 3.52. The minimum atomic E-state index is 0.915. The predicted octanol–water partition coefficient (Wildman–Crippen LogP) is 2.53. The number of anilines is 1. The Morgan fingerprint density at radius 1 is 1.35 bits per heavy atom. The number of aryl methyl sites for hydroxylation is 1. The van der Waals surface area contributed by atoms with E-state index >= 15 is 0 Å². The van der Waals surface area contributed by atoms with Gasteiger partial charge in [-0.15, -0.1) is 0 Å². The Bertz CT molecular complexity index is 326. The van der Waals surface area contributed by atoms with Gasteiger partial charge in [-0.1, -0.05) is 13.0 Å². The highest BCUT2D eigenvalue weighted by Gasteiger charge is 2.14. The summed E-state index contributed by atoms with van der Waals surface area (Å²) in [6, 6.07) is 4.14. The fraction of sp³-hybridized carbons (Fsp3) is 0.643. The highest BCUT2D eigenvalue weighted by molar-refractivity contribution is 5.34. The number of piperidine rings is 1. The second-order valence-electron chi connectivity index (χ2n) is 5.17. The molecule has 1 aliphatic rings. The van der Waals surface area contributed by atoms with Crippen LogP contribution in [-0.4, -0.2) is 36.1 Å². The van der Waals surface area contributed by atoms with Gasteiger partial charge in [0, 0.05) is 19.3 Å². The van der Waals surface area contributed by atoms with Gasteiger partial charge in [0.25, 0.3) is 0 Å². The molecule has 3 nitrogen and oxygen atoms in total. The molecule has 0 bridgehead atoms. The molecule has 94 valence electrons. The van der Waals surface area contributed by atoms with Gasteiger partial charge in [-0.25, -0.2) is 4.98 Å². The van der Waals surface area contributed by atoms with Crippen molar-refractivity contribution in [3.05, 3.63) is 23.9 Å². The number of hydrogen-bond acceptors (Lipinski definition) is 3. The normalized spacial score (nSPS) is 18.2. The molecular formula is C14H23N3. The second kappa shape index (κ2) is 6.01. The average Bonchev–Trinajstić information content (AvgIpc) is 2.34. The van der Waals surface area contributed by atoms with Crippen molar-refractivity contribution < 1.29 is 0 Å². The largest absolute Gasteiger partial charge is 0.369 e. The van der Waals surface area contributed by atoms with Crippen LogP contribution in [0.25, 0.3) is 0 Å². The summed E-state index contributed by atoms with van der Waals surface area (Å²) in [5, 5.41) is 3.38. The van der Waals surface area contributed by atoms with Crippen molar-refractivity contribution in [1.82, 2.24) is 9.88 Å². The van der Waals surface area contributed by atoms with Crippen LogP contribution in [0.1, 0.15) is 25.3 Å². The molecule has 0 radical (unpaired) electrons. The van der Waals surface area contributed by atoms with Crippen molar-refractivity contribution in [2.45, 2.75) is 26.7 Å². The van der Waals surface area contributed by atoms with E-state index in [-0.39, 0.29) is 0 Å². The van der Waals surface area contributed by atoms with Crippen LogP contribution in [0, 0.1) is 12.8 Å². The Morgan fingerprint density at radius 2 is 2.12 bits per heavy atom. The molecule has 1 aromatic rings. The SMILES string of the molecule is Cc1ccc(NCCN2CCC(C)CC2)nc1. The number of aromatic nitrogens is 1. The van der Waals surface area contributed by atoms with E-state index in [1.54, 1.807) is 0 Å². The Kier molecular flexibility index (Phi) is 4.37. The number of likely N-dealkylation sites (tertiary alicyclic amines) is 1. The molecule has 0 spiro atoms. The quantitative estimate of drug-likeness (QED) is 0.866. The summed E-state index contributed by atoms with van der Waals surface area (Å²) in [6.07, 6.45) is 4.61. The van der Waals surface area contributed by atoms with Gasteiger partial charge >= 0.3 is 0 Å². The monoisotopic (exact) mass is 233 g/mol. The van der Waals surface area contributed by atoms with Crippen LogP contribution in [0.2, 0.25) is 0 Å². The molecule has 3 heteroatoms. The smallest absolute Gasteiger partial charge is 0.125 e. The van der Waals surface area contributed by atoms with E-state index < -0.39 is 0 Å². The van der Waals surface area contributed by atoms with Crippen LogP contribution in [-0.2, 0) is 0 Å². The molecule has 0 aliphatic carbocycles. The maximum Gasteiger partial charge on any atom is 0.125 e. The van der Waals surface area contributed by atoms with Crippen molar-refractivity contribution in [3.63, 3.8) is 0 Å². The van der Waals surface area contributed by atoms with Gasteiger partial charge < -0.3 is 10.2 Å². The van der Waals surface area contributed by atoms with Gasteiger partial charge in [0.1, 0.15) is 5.82 Å². The highest BCUT2D eigenvalue weighted by atomic mass is 15.1. The lowest BCUT2D eigenvalue weighted by atomic mass is 9.99. The van der Waals surface area contributed by atoms with Crippen molar-refractivity contribution >= 4 is 5.82 Å². The maximum absolute atomic E-state index is 4.34. The fourth-order valence-electron chi connectivity index (χ4n) is 2.20. The Morgan fingerprint density at radius 3 is 2.76 bits per heavy atom. The van der Waals surface area contributed by atoms with Crippen LogP contribution in [0.5, 0.6) is 0 Å². The molecule has 2 rings (SSSR count). The lowest BCUT2D eigenvalue weighted by Gasteiger charge is -2.30.